The lowest BCUT2D eigenvalue weighted by Gasteiger charge is -2.11. The number of amides is 1. The molecule has 0 radical (unpaired) electrons. The van der Waals surface area contributed by atoms with Crippen molar-refractivity contribution in [2.75, 3.05) is 0 Å². The van der Waals surface area contributed by atoms with Gasteiger partial charge < -0.3 is 5.32 Å². The third kappa shape index (κ3) is 4.14. The maximum atomic E-state index is 13.7. The summed E-state index contributed by atoms with van der Waals surface area (Å²) < 4.78 is 43.5. The molecule has 0 aliphatic rings. The van der Waals surface area contributed by atoms with Crippen molar-refractivity contribution in [1.82, 2.24) is 29.7 Å². The first-order chi connectivity index (χ1) is 14.6. The van der Waals surface area contributed by atoms with E-state index in [1.165, 1.54) is 6.07 Å². The van der Waals surface area contributed by atoms with E-state index in [0.717, 1.165) is 22.8 Å². The van der Waals surface area contributed by atoms with Gasteiger partial charge in [-0.1, -0.05) is 12.1 Å². The average Bonchev–Trinajstić information content (AvgIpc) is 3.32. The van der Waals surface area contributed by atoms with Gasteiger partial charge in [-0.05, 0) is 37.1 Å². The van der Waals surface area contributed by atoms with Crippen LogP contribution in [0.5, 0.6) is 0 Å². The molecule has 0 spiro atoms. The molecule has 7 nitrogen and oxygen atoms in total. The first-order valence-corrected chi connectivity index (χ1v) is 9.43. The maximum Gasteiger partial charge on any atom is 0.433 e. The topological polar surface area (TPSA) is 77.1 Å². The highest BCUT2D eigenvalue weighted by Gasteiger charge is 2.35. The van der Waals surface area contributed by atoms with Crippen LogP contribution >= 0.6 is 0 Å². The molecule has 31 heavy (non-hydrogen) atoms. The molecule has 3 heterocycles. The van der Waals surface area contributed by atoms with Gasteiger partial charge in [-0.25, -0.2) is 9.50 Å². The van der Waals surface area contributed by atoms with Crippen molar-refractivity contribution in [3.8, 4) is 11.3 Å². The number of hydrogen-bond acceptors (Lipinski definition) is 4. The summed E-state index contributed by atoms with van der Waals surface area (Å²) in [5.74, 6) is -0.602. The van der Waals surface area contributed by atoms with Crippen molar-refractivity contribution in [3.63, 3.8) is 0 Å². The van der Waals surface area contributed by atoms with Gasteiger partial charge in [0.15, 0.2) is 17.0 Å². The number of nitrogens with zero attached hydrogens (tertiary/aromatic N) is 5. The van der Waals surface area contributed by atoms with Crippen LogP contribution in [0.1, 0.15) is 32.9 Å². The molecule has 0 atom stereocenters. The molecule has 160 valence electrons. The predicted molar refractivity (Wildman–Crippen MR) is 107 cm³/mol. The molecule has 0 saturated carbocycles. The minimum absolute atomic E-state index is 0.0606. The molecule has 0 unspecified atom stereocenters. The Bertz CT molecular complexity index is 1290. The molecule has 0 aliphatic carbocycles. The van der Waals surface area contributed by atoms with Gasteiger partial charge in [-0.2, -0.15) is 23.4 Å². The third-order valence-electron chi connectivity index (χ3n) is 4.96. The number of aromatic nitrogens is 5. The molecule has 1 amide bonds. The molecule has 10 heteroatoms. The van der Waals surface area contributed by atoms with Crippen molar-refractivity contribution in [3.05, 3.63) is 70.8 Å². The highest BCUT2D eigenvalue weighted by Crippen LogP contribution is 2.32. The van der Waals surface area contributed by atoms with E-state index in [1.54, 1.807) is 36.3 Å². The van der Waals surface area contributed by atoms with Gasteiger partial charge in [0.1, 0.15) is 0 Å². The second-order valence-corrected chi connectivity index (χ2v) is 7.33. The summed E-state index contributed by atoms with van der Waals surface area (Å²) in [6, 6.07) is 7.53. The smallest absolute Gasteiger partial charge is 0.346 e. The summed E-state index contributed by atoms with van der Waals surface area (Å²) in [6.07, 6.45) is -1.36. The van der Waals surface area contributed by atoms with E-state index < -0.39 is 17.8 Å². The molecule has 0 saturated heterocycles. The Hall–Kier alpha value is -3.69. The van der Waals surface area contributed by atoms with Gasteiger partial charge >= 0.3 is 6.18 Å². The average molecular weight is 428 g/mol. The number of carbonyl (C=O) groups excluding carboxylic acids is 1. The van der Waals surface area contributed by atoms with E-state index in [0.29, 0.717) is 10.1 Å². The first kappa shape index (κ1) is 20.6. The predicted octanol–water partition coefficient (Wildman–Crippen LogP) is 3.70. The summed E-state index contributed by atoms with van der Waals surface area (Å²) in [7, 11) is 1.74. The Balaban J connectivity index is 1.73. The zero-order valence-corrected chi connectivity index (χ0v) is 17.0. The fourth-order valence-corrected chi connectivity index (χ4v) is 3.17. The van der Waals surface area contributed by atoms with Crippen LogP contribution in [0.4, 0.5) is 13.2 Å². The minimum atomic E-state index is -4.68. The lowest BCUT2D eigenvalue weighted by Crippen LogP contribution is -2.23. The zero-order valence-electron chi connectivity index (χ0n) is 17.0. The van der Waals surface area contributed by atoms with E-state index in [9.17, 15) is 18.0 Å². The number of alkyl halides is 3. The number of nitrogens with one attached hydrogen (secondary N) is 1. The molecule has 0 bridgehead atoms. The zero-order chi connectivity index (χ0) is 22.3. The Morgan fingerprint density at radius 3 is 2.55 bits per heavy atom. The van der Waals surface area contributed by atoms with Gasteiger partial charge in [0.2, 0.25) is 0 Å². The van der Waals surface area contributed by atoms with Crippen LogP contribution in [0.25, 0.3) is 16.9 Å². The molecule has 4 rings (SSSR count). The number of benzene rings is 1. The number of aryl methyl sites for hydroxylation is 3. The third-order valence-corrected chi connectivity index (χ3v) is 4.96. The summed E-state index contributed by atoms with van der Waals surface area (Å²) in [4.78, 5) is 16.8. The number of fused-ring (bicyclic) bond motifs is 1. The molecule has 1 aromatic carbocycles. The van der Waals surface area contributed by atoms with Crippen LogP contribution in [-0.2, 0) is 19.8 Å². The monoisotopic (exact) mass is 428 g/mol. The van der Waals surface area contributed by atoms with Crippen molar-refractivity contribution in [1.29, 1.82) is 0 Å². The molecular formula is C21H19F3N6O. The Morgan fingerprint density at radius 1 is 1.13 bits per heavy atom. The van der Waals surface area contributed by atoms with E-state index in [-0.39, 0.29) is 23.6 Å². The van der Waals surface area contributed by atoms with Crippen molar-refractivity contribution in [2.24, 2.45) is 7.05 Å². The summed E-state index contributed by atoms with van der Waals surface area (Å²) in [6.45, 7) is 3.98. The molecule has 0 aliphatic heterocycles. The lowest BCUT2D eigenvalue weighted by molar-refractivity contribution is -0.142. The van der Waals surface area contributed by atoms with Crippen molar-refractivity contribution < 1.29 is 18.0 Å². The highest BCUT2D eigenvalue weighted by molar-refractivity contribution is 5.93. The van der Waals surface area contributed by atoms with Crippen LogP contribution < -0.4 is 5.32 Å². The first-order valence-electron chi connectivity index (χ1n) is 9.43. The van der Waals surface area contributed by atoms with Crippen LogP contribution in [0.3, 0.4) is 0 Å². The number of hydrogen-bond donors (Lipinski definition) is 1. The fraction of sp³-hybridized carbons (Fsp3) is 0.238. The molecule has 1 N–H and O–H groups in total. The van der Waals surface area contributed by atoms with Gasteiger partial charge in [-0.15, -0.1) is 0 Å². The largest absolute Gasteiger partial charge is 0.433 e. The Kier molecular flexibility index (Phi) is 5.00. The van der Waals surface area contributed by atoms with Crippen molar-refractivity contribution in [2.45, 2.75) is 26.6 Å². The molecule has 0 fully saturated rings. The van der Waals surface area contributed by atoms with E-state index in [2.05, 4.69) is 20.5 Å². The Morgan fingerprint density at radius 2 is 1.90 bits per heavy atom. The van der Waals surface area contributed by atoms with Crippen LogP contribution in [0.15, 0.2) is 42.7 Å². The summed E-state index contributed by atoms with van der Waals surface area (Å²) in [5, 5.41) is 10.5. The second-order valence-electron chi connectivity index (χ2n) is 7.33. The highest BCUT2D eigenvalue weighted by atomic mass is 19.4. The van der Waals surface area contributed by atoms with Gasteiger partial charge in [0.05, 0.1) is 11.9 Å². The van der Waals surface area contributed by atoms with Gasteiger partial charge in [0.25, 0.3) is 5.91 Å². The molecule has 4 aromatic rings. The second kappa shape index (κ2) is 7.53. The SMILES string of the molecule is Cc1ccc(-c2cc(C(F)(F)F)n3nc(C(=O)NCc4cnn(C)c4)cc3n2)cc1C. The van der Waals surface area contributed by atoms with E-state index in [4.69, 9.17) is 0 Å². The number of carbonyl (C=O) groups is 1. The van der Waals surface area contributed by atoms with Gasteiger partial charge in [0, 0.05) is 37.0 Å². The van der Waals surface area contributed by atoms with Gasteiger partial charge in [-0.3, -0.25) is 9.48 Å². The number of halogens is 3. The summed E-state index contributed by atoms with van der Waals surface area (Å²) in [5.41, 5.74) is 2.22. The van der Waals surface area contributed by atoms with Crippen molar-refractivity contribution >= 4 is 11.6 Å². The van der Waals surface area contributed by atoms with Crippen LogP contribution in [0, 0.1) is 13.8 Å². The normalized spacial score (nSPS) is 11.8. The molecule has 3 aromatic heterocycles. The quantitative estimate of drug-likeness (QED) is 0.538. The lowest BCUT2D eigenvalue weighted by atomic mass is 10.0. The van der Waals surface area contributed by atoms with E-state index in [1.807, 2.05) is 19.9 Å². The summed E-state index contributed by atoms with van der Waals surface area (Å²) >= 11 is 0. The number of rotatable bonds is 4. The Labute approximate surface area is 175 Å². The fourth-order valence-electron chi connectivity index (χ4n) is 3.17. The maximum absolute atomic E-state index is 13.7. The van der Waals surface area contributed by atoms with Crippen LogP contribution in [-0.4, -0.2) is 30.3 Å². The standard InChI is InChI=1S/C21H19F3N6O/c1-12-4-5-15(6-13(12)2)16-7-18(21(22,23)24)30-19(27-16)8-17(28-30)20(31)25-9-14-10-26-29(3)11-14/h4-8,10-11H,9H2,1-3H3,(H,25,31). The van der Waals surface area contributed by atoms with E-state index >= 15 is 0 Å². The van der Waals surface area contributed by atoms with Crippen LogP contribution in [0.2, 0.25) is 0 Å². The minimum Gasteiger partial charge on any atom is -0.346 e. The molecular weight excluding hydrogens is 409 g/mol.